The van der Waals surface area contributed by atoms with Crippen LogP contribution in [-0.4, -0.2) is 4.98 Å². The van der Waals surface area contributed by atoms with E-state index in [4.69, 9.17) is 9.41 Å². The lowest BCUT2D eigenvalue weighted by Gasteiger charge is -2.06. The minimum atomic E-state index is -0.372. The molecule has 29 heavy (non-hydrogen) atoms. The van der Waals surface area contributed by atoms with Gasteiger partial charge >= 0.3 is 5.63 Å². The zero-order chi connectivity index (χ0) is 19.4. The number of H-pyrrole nitrogens is 1. The first-order chi connectivity index (χ1) is 14.3. The molecular formula is C24H14N2O2S. The standard InChI is InChI=1S/C24H14N2O2S/c27-24-21-22(15-8-2-5-11-19(15)28-24)26-18-10-4-6-12-20(18)29-23(21)16-13-25-17-9-3-1-7-14(16)17/h1-13,25H. The van der Waals surface area contributed by atoms with E-state index in [2.05, 4.69) is 11.1 Å². The van der Waals surface area contributed by atoms with E-state index in [1.165, 1.54) is 0 Å². The molecule has 0 amide bonds. The number of fused-ring (bicyclic) bond motifs is 5. The van der Waals surface area contributed by atoms with Gasteiger partial charge in [-0.25, -0.2) is 9.79 Å². The number of rotatable bonds is 1. The van der Waals surface area contributed by atoms with Gasteiger partial charge in [0, 0.05) is 37.9 Å². The predicted molar refractivity (Wildman–Crippen MR) is 116 cm³/mol. The summed E-state index contributed by atoms with van der Waals surface area (Å²) in [5, 5.41) is 3.06. The van der Waals surface area contributed by atoms with Gasteiger partial charge in [0.2, 0.25) is 0 Å². The third-order valence-electron chi connectivity index (χ3n) is 5.16. The monoisotopic (exact) mass is 394 g/mol. The molecule has 1 aliphatic rings. The number of aromatic nitrogens is 1. The Morgan fingerprint density at radius 3 is 2.55 bits per heavy atom. The highest BCUT2D eigenvalue weighted by Gasteiger charge is 2.20. The Bertz CT molecular complexity index is 1610. The molecule has 1 N–H and O–H groups in total. The zero-order valence-electron chi connectivity index (χ0n) is 15.2. The molecule has 0 aliphatic carbocycles. The lowest BCUT2D eigenvalue weighted by atomic mass is 10.1. The van der Waals surface area contributed by atoms with Crippen LogP contribution in [0.15, 0.2) is 98.1 Å². The molecule has 0 spiro atoms. The van der Waals surface area contributed by atoms with Gasteiger partial charge in [-0.05, 0) is 30.3 Å². The average Bonchev–Trinajstić information content (AvgIpc) is 3.09. The number of hydrogen-bond donors (Lipinski definition) is 1. The second-order valence-corrected chi connectivity index (χ2v) is 7.92. The Balaban J connectivity index is 1.87. The third kappa shape index (κ3) is 2.48. The lowest BCUT2D eigenvalue weighted by Crippen LogP contribution is -2.40. The number of nitrogens with one attached hydrogen (secondary N) is 1. The Morgan fingerprint density at radius 1 is 0.862 bits per heavy atom. The van der Waals surface area contributed by atoms with Crippen molar-refractivity contribution < 1.29 is 4.42 Å². The summed E-state index contributed by atoms with van der Waals surface area (Å²) >= 11 is 1.56. The SMILES string of the molecule is O=c1oc2ccccc2c2c1=C(c1c[nH]c3ccccc13)Sc1ccccc1N=2. The van der Waals surface area contributed by atoms with Crippen LogP contribution in [0.1, 0.15) is 5.56 Å². The van der Waals surface area contributed by atoms with Crippen molar-refractivity contribution >= 4 is 44.2 Å². The summed E-state index contributed by atoms with van der Waals surface area (Å²) in [5.74, 6) is 0. The maximum absolute atomic E-state index is 13.2. The molecule has 0 fully saturated rings. The highest BCUT2D eigenvalue weighted by Crippen LogP contribution is 2.40. The summed E-state index contributed by atoms with van der Waals surface area (Å²) in [6.07, 6.45) is 1.96. The summed E-state index contributed by atoms with van der Waals surface area (Å²) in [5.41, 5.74) is 3.02. The maximum Gasteiger partial charge on any atom is 0.346 e. The van der Waals surface area contributed by atoms with Crippen LogP contribution in [0.4, 0.5) is 5.69 Å². The molecule has 4 nitrogen and oxygen atoms in total. The fraction of sp³-hybridized carbons (Fsp3) is 0. The molecule has 3 heterocycles. The second-order valence-electron chi connectivity index (χ2n) is 6.87. The van der Waals surface area contributed by atoms with Crippen molar-refractivity contribution in [3.63, 3.8) is 0 Å². The molecule has 5 aromatic rings. The van der Waals surface area contributed by atoms with E-state index in [0.29, 0.717) is 16.2 Å². The molecular weight excluding hydrogens is 380 g/mol. The number of thioether (sulfide) groups is 1. The zero-order valence-corrected chi connectivity index (χ0v) is 16.0. The average molecular weight is 394 g/mol. The summed E-state index contributed by atoms with van der Waals surface area (Å²) in [4.78, 5) is 23.3. The van der Waals surface area contributed by atoms with Gasteiger partial charge in [-0.3, -0.25) is 0 Å². The Labute approximate surface area is 169 Å². The van der Waals surface area contributed by atoms with Crippen molar-refractivity contribution in [2.75, 3.05) is 0 Å². The van der Waals surface area contributed by atoms with E-state index in [-0.39, 0.29) is 5.63 Å². The minimum Gasteiger partial charge on any atom is -0.422 e. The number of hydrogen-bond acceptors (Lipinski definition) is 4. The molecule has 5 heteroatoms. The third-order valence-corrected chi connectivity index (χ3v) is 6.35. The molecule has 0 saturated heterocycles. The van der Waals surface area contributed by atoms with Gasteiger partial charge in [0.1, 0.15) is 10.8 Å². The Hall–Kier alpha value is -3.57. The number of benzene rings is 3. The topological polar surface area (TPSA) is 58.4 Å². The largest absolute Gasteiger partial charge is 0.422 e. The van der Waals surface area contributed by atoms with Crippen LogP contribution in [0.5, 0.6) is 0 Å². The molecule has 2 aromatic heterocycles. The summed E-state index contributed by atoms with van der Waals surface area (Å²) in [6.45, 7) is 0. The van der Waals surface area contributed by atoms with E-state index >= 15 is 0 Å². The van der Waals surface area contributed by atoms with Crippen LogP contribution >= 0.6 is 11.8 Å². The Kier molecular flexibility index (Phi) is 3.52. The lowest BCUT2D eigenvalue weighted by molar-refractivity contribution is 0.552. The van der Waals surface area contributed by atoms with Crippen LogP contribution in [0.3, 0.4) is 0 Å². The van der Waals surface area contributed by atoms with Gasteiger partial charge in [0.05, 0.1) is 11.0 Å². The van der Waals surface area contributed by atoms with Crippen molar-refractivity contribution in [2.24, 2.45) is 4.99 Å². The fourth-order valence-electron chi connectivity index (χ4n) is 3.82. The van der Waals surface area contributed by atoms with Gasteiger partial charge in [0.25, 0.3) is 0 Å². The molecule has 0 unspecified atom stereocenters. The number of para-hydroxylation sites is 3. The van der Waals surface area contributed by atoms with Crippen molar-refractivity contribution in [3.05, 3.63) is 106 Å². The fourth-order valence-corrected chi connectivity index (χ4v) is 4.96. The normalized spacial score (nSPS) is 13.0. The first-order valence-corrected chi connectivity index (χ1v) is 10.1. The van der Waals surface area contributed by atoms with Crippen molar-refractivity contribution in [1.82, 2.24) is 4.98 Å². The van der Waals surface area contributed by atoms with Gasteiger partial charge < -0.3 is 9.40 Å². The molecule has 0 radical (unpaired) electrons. The van der Waals surface area contributed by atoms with E-state index in [9.17, 15) is 4.79 Å². The highest BCUT2D eigenvalue weighted by atomic mass is 32.2. The quantitative estimate of drug-likeness (QED) is 0.426. The van der Waals surface area contributed by atoms with Crippen LogP contribution < -0.4 is 16.2 Å². The molecule has 1 aliphatic heterocycles. The highest BCUT2D eigenvalue weighted by molar-refractivity contribution is 8.08. The molecule has 0 saturated carbocycles. The summed E-state index contributed by atoms with van der Waals surface area (Å²) in [7, 11) is 0. The molecule has 138 valence electrons. The van der Waals surface area contributed by atoms with Gasteiger partial charge in [0.15, 0.2) is 0 Å². The predicted octanol–water partition coefficient (Wildman–Crippen LogP) is 4.49. The van der Waals surface area contributed by atoms with Gasteiger partial charge in [-0.2, -0.15) is 0 Å². The van der Waals surface area contributed by atoms with Crippen LogP contribution in [0, 0.1) is 0 Å². The van der Waals surface area contributed by atoms with Gasteiger partial charge in [-0.1, -0.05) is 54.2 Å². The summed E-state index contributed by atoms with van der Waals surface area (Å²) < 4.78 is 5.69. The number of aromatic amines is 1. The van der Waals surface area contributed by atoms with Crippen molar-refractivity contribution in [3.8, 4) is 0 Å². The van der Waals surface area contributed by atoms with Crippen LogP contribution in [-0.2, 0) is 0 Å². The molecule has 0 bridgehead atoms. The molecule has 3 aromatic carbocycles. The van der Waals surface area contributed by atoms with E-state index < -0.39 is 0 Å². The smallest absolute Gasteiger partial charge is 0.346 e. The van der Waals surface area contributed by atoms with Gasteiger partial charge in [-0.15, -0.1) is 0 Å². The first-order valence-electron chi connectivity index (χ1n) is 9.28. The number of nitrogens with zero attached hydrogens (tertiary/aromatic N) is 1. The summed E-state index contributed by atoms with van der Waals surface area (Å²) in [6, 6.07) is 23.6. The molecule has 0 atom stereocenters. The maximum atomic E-state index is 13.2. The van der Waals surface area contributed by atoms with Crippen LogP contribution in [0.25, 0.3) is 26.8 Å². The molecule has 6 rings (SSSR count). The Morgan fingerprint density at radius 2 is 1.62 bits per heavy atom. The van der Waals surface area contributed by atoms with E-state index in [0.717, 1.165) is 37.3 Å². The van der Waals surface area contributed by atoms with Crippen molar-refractivity contribution in [2.45, 2.75) is 4.90 Å². The van der Waals surface area contributed by atoms with Crippen LogP contribution in [0.2, 0.25) is 0 Å². The van der Waals surface area contributed by atoms with E-state index in [1.54, 1.807) is 11.8 Å². The second kappa shape index (κ2) is 6.22. The minimum absolute atomic E-state index is 0.372. The van der Waals surface area contributed by atoms with Crippen molar-refractivity contribution in [1.29, 1.82) is 0 Å². The van der Waals surface area contributed by atoms with E-state index in [1.807, 2.05) is 72.9 Å². The first kappa shape index (κ1) is 16.4.